The maximum Gasteiger partial charge on any atom is 0.291 e. The molecule has 2 amide bonds. The van der Waals surface area contributed by atoms with Crippen molar-refractivity contribution in [3.63, 3.8) is 0 Å². The fourth-order valence-corrected chi connectivity index (χ4v) is 3.84. The minimum atomic E-state index is -0.359. The Morgan fingerprint density at radius 3 is 2.31 bits per heavy atom. The molecule has 0 bridgehead atoms. The summed E-state index contributed by atoms with van der Waals surface area (Å²) >= 11 is 3.18. The van der Waals surface area contributed by atoms with Crippen LogP contribution in [-0.2, 0) is 4.74 Å². The van der Waals surface area contributed by atoms with Gasteiger partial charge in [-0.15, -0.1) is 0 Å². The third-order valence-electron chi connectivity index (χ3n) is 5.25. The Morgan fingerprint density at radius 2 is 1.66 bits per heavy atom. The first-order valence-corrected chi connectivity index (χ1v) is 11.2. The molecule has 32 heavy (non-hydrogen) atoms. The van der Waals surface area contributed by atoms with Crippen LogP contribution < -0.4 is 10.6 Å². The van der Waals surface area contributed by atoms with Crippen LogP contribution in [0, 0.1) is 0 Å². The number of morpholine rings is 1. The number of hydrogen-bond acceptors (Lipinski definition) is 5. The molecule has 7 nitrogen and oxygen atoms in total. The highest BCUT2D eigenvalue weighted by molar-refractivity contribution is 9.10. The number of halogens is 1. The Hall–Kier alpha value is -2.94. The molecule has 1 atom stereocenters. The van der Waals surface area contributed by atoms with E-state index in [4.69, 9.17) is 9.15 Å². The zero-order chi connectivity index (χ0) is 22.3. The summed E-state index contributed by atoms with van der Waals surface area (Å²) in [6.45, 7) is 3.82. The smallest absolute Gasteiger partial charge is 0.291 e. The second-order valence-electron chi connectivity index (χ2n) is 7.48. The third-order valence-corrected chi connectivity index (χ3v) is 5.68. The number of ether oxygens (including phenoxy) is 1. The molecule has 1 unspecified atom stereocenters. The van der Waals surface area contributed by atoms with Crippen LogP contribution >= 0.6 is 15.9 Å². The van der Waals surface area contributed by atoms with Crippen molar-refractivity contribution in [3.05, 3.63) is 88.3 Å². The number of carbonyl (C=O) groups is 2. The lowest BCUT2D eigenvalue weighted by atomic mass is 10.1. The molecule has 8 heteroatoms. The molecule has 1 aromatic heterocycles. The summed E-state index contributed by atoms with van der Waals surface area (Å²) in [7, 11) is 0. The lowest BCUT2D eigenvalue weighted by molar-refractivity contribution is 0.0332. The van der Waals surface area contributed by atoms with Crippen molar-refractivity contribution < 1.29 is 18.7 Å². The van der Waals surface area contributed by atoms with E-state index in [1.807, 2.05) is 30.3 Å². The number of carbonyl (C=O) groups excluding carboxylic acids is 2. The summed E-state index contributed by atoms with van der Waals surface area (Å²) in [5, 5.41) is 5.91. The maximum atomic E-state index is 13.0. The van der Waals surface area contributed by atoms with Gasteiger partial charge < -0.3 is 19.8 Å². The molecule has 0 saturated carbocycles. The van der Waals surface area contributed by atoms with Crippen molar-refractivity contribution in [2.24, 2.45) is 0 Å². The summed E-state index contributed by atoms with van der Waals surface area (Å²) in [6.07, 6.45) is 0. The lowest BCUT2D eigenvalue weighted by Crippen LogP contribution is -2.43. The minimum Gasteiger partial charge on any atom is -0.444 e. The molecule has 2 aromatic carbocycles. The minimum absolute atomic E-state index is 0.140. The van der Waals surface area contributed by atoms with Gasteiger partial charge in [-0.05, 0) is 57.9 Å². The molecular weight excluding hydrogens is 474 g/mol. The summed E-state index contributed by atoms with van der Waals surface area (Å²) in [6, 6.07) is 19.8. The predicted octanol–water partition coefficient (Wildman–Crippen LogP) is 4.10. The van der Waals surface area contributed by atoms with E-state index in [2.05, 4.69) is 31.5 Å². The van der Waals surface area contributed by atoms with E-state index in [9.17, 15) is 9.59 Å². The number of nitrogens with one attached hydrogen (secondary N) is 2. The van der Waals surface area contributed by atoms with Crippen molar-refractivity contribution in [1.82, 2.24) is 10.2 Å². The monoisotopic (exact) mass is 497 g/mol. The number of benzene rings is 2. The molecule has 4 rings (SSSR count). The summed E-state index contributed by atoms with van der Waals surface area (Å²) in [5.74, 6) is -0.324. The van der Waals surface area contributed by atoms with Crippen LogP contribution in [0.1, 0.15) is 32.5 Å². The van der Waals surface area contributed by atoms with Gasteiger partial charge in [-0.1, -0.05) is 30.3 Å². The van der Waals surface area contributed by atoms with Gasteiger partial charge in [-0.3, -0.25) is 14.5 Å². The van der Waals surface area contributed by atoms with Gasteiger partial charge >= 0.3 is 0 Å². The van der Waals surface area contributed by atoms with E-state index in [1.165, 1.54) is 0 Å². The quantitative estimate of drug-likeness (QED) is 0.513. The van der Waals surface area contributed by atoms with Gasteiger partial charge in [0, 0.05) is 30.9 Å². The molecule has 2 N–H and O–H groups in total. The first-order chi connectivity index (χ1) is 15.6. The summed E-state index contributed by atoms with van der Waals surface area (Å²) in [4.78, 5) is 27.5. The number of rotatable bonds is 7. The molecule has 1 saturated heterocycles. The average Bonchev–Trinajstić information content (AvgIpc) is 3.27. The van der Waals surface area contributed by atoms with Crippen molar-refractivity contribution >= 4 is 33.4 Å². The van der Waals surface area contributed by atoms with Crippen molar-refractivity contribution in [2.75, 3.05) is 38.2 Å². The van der Waals surface area contributed by atoms with Gasteiger partial charge in [0.25, 0.3) is 11.8 Å². The number of anilines is 1. The van der Waals surface area contributed by atoms with E-state index in [-0.39, 0.29) is 23.6 Å². The Bertz CT molecular complexity index is 1050. The average molecular weight is 498 g/mol. The van der Waals surface area contributed by atoms with E-state index in [0.717, 1.165) is 18.7 Å². The highest BCUT2D eigenvalue weighted by atomic mass is 79.9. The van der Waals surface area contributed by atoms with Gasteiger partial charge in [0.15, 0.2) is 10.4 Å². The van der Waals surface area contributed by atoms with Gasteiger partial charge in [-0.2, -0.15) is 0 Å². The second-order valence-corrected chi connectivity index (χ2v) is 8.27. The molecule has 1 fully saturated rings. The Labute approximate surface area is 194 Å². The zero-order valence-corrected chi connectivity index (χ0v) is 19.0. The lowest BCUT2D eigenvalue weighted by Gasteiger charge is -2.31. The predicted molar refractivity (Wildman–Crippen MR) is 125 cm³/mol. The Morgan fingerprint density at radius 1 is 0.938 bits per heavy atom. The molecule has 2 heterocycles. The van der Waals surface area contributed by atoms with Crippen LogP contribution in [0.25, 0.3) is 0 Å². The van der Waals surface area contributed by atoms with E-state index < -0.39 is 0 Å². The highest BCUT2D eigenvalue weighted by Gasteiger charge is 2.21. The summed E-state index contributed by atoms with van der Waals surface area (Å²) < 4.78 is 11.2. The van der Waals surface area contributed by atoms with Crippen LogP contribution in [0.5, 0.6) is 0 Å². The zero-order valence-electron chi connectivity index (χ0n) is 17.4. The van der Waals surface area contributed by atoms with Crippen LogP contribution in [0.4, 0.5) is 5.69 Å². The molecule has 1 aliphatic rings. The first kappa shape index (κ1) is 22.3. The van der Waals surface area contributed by atoms with Crippen molar-refractivity contribution in [1.29, 1.82) is 0 Å². The highest BCUT2D eigenvalue weighted by Crippen LogP contribution is 2.19. The number of furan rings is 1. The molecular formula is C24H24BrN3O4. The fourth-order valence-electron chi connectivity index (χ4n) is 3.54. The molecule has 0 aliphatic carbocycles. The third kappa shape index (κ3) is 5.85. The van der Waals surface area contributed by atoms with Crippen LogP contribution in [-0.4, -0.2) is 49.6 Å². The second kappa shape index (κ2) is 10.6. The number of amides is 2. The van der Waals surface area contributed by atoms with E-state index in [1.54, 1.807) is 36.4 Å². The van der Waals surface area contributed by atoms with Crippen molar-refractivity contribution in [2.45, 2.75) is 6.04 Å². The molecule has 0 radical (unpaired) electrons. The first-order valence-electron chi connectivity index (χ1n) is 10.4. The standard InChI is InChI=1S/C24H24BrN3O4/c25-22-11-10-21(32-22)24(30)26-19-8-6-18(7-9-19)23(29)27-20(17-4-2-1-3-5-17)16-28-12-14-31-15-13-28/h1-11,20H,12-16H2,(H,26,30)(H,27,29). The van der Waals surface area contributed by atoms with E-state index in [0.29, 0.717) is 35.7 Å². The van der Waals surface area contributed by atoms with Gasteiger partial charge in [0.05, 0.1) is 19.3 Å². The van der Waals surface area contributed by atoms with Crippen molar-refractivity contribution in [3.8, 4) is 0 Å². The van der Waals surface area contributed by atoms with E-state index >= 15 is 0 Å². The number of hydrogen-bond donors (Lipinski definition) is 2. The Kier molecular flexibility index (Phi) is 7.36. The topological polar surface area (TPSA) is 83.8 Å². The molecule has 0 spiro atoms. The number of nitrogens with zero attached hydrogens (tertiary/aromatic N) is 1. The SMILES string of the molecule is O=C(NC(CN1CCOCC1)c1ccccc1)c1ccc(NC(=O)c2ccc(Br)o2)cc1. The van der Waals surface area contributed by atoms with Crippen LogP contribution in [0.2, 0.25) is 0 Å². The molecule has 166 valence electrons. The normalized spacial score (nSPS) is 15.2. The van der Waals surface area contributed by atoms with Gasteiger partial charge in [-0.25, -0.2) is 0 Å². The van der Waals surface area contributed by atoms with Gasteiger partial charge in [0.1, 0.15) is 0 Å². The van der Waals surface area contributed by atoms with Crippen LogP contribution in [0.15, 0.2) is 75.8 Å². The maximum absolute atomic E-state index is 13.0. The van der Waals surface area contributed by atoms with Gasteiger partial charge in [0.2, 0.25) is 0 Å². The molecule has 3 aromatic rings. The largest absolute Gasteiger partial charge is 0.444 e. The summed E-state index contributed by atoms with van der Waals surface area (Å²) in [5.41, 5.74) is 2.15. The molecule has 1 aliphatic heterocycles. The van der Waals surface area contributed by atoms with Crippen LogP contribution in [0.3, 0.4) is 0 Å². The fraction of sp³-hybridized carbons (Fsp3) is 0.250. The Balaban J connectivity index is 1.41.